The van der Waals surface area contributed by atoms with Gasteiger partial charge in [-0.25, -0.2) is 0 Å². The van der Waals surface area contributed by atoms with Crippen molar-refractivity contribution >= 4 is 22.3 Å². The van der Waals surface area contributed by atoms with Crippen LogP contribution in [0.5, 0.6) is 17.2 Å². The van der Waals surface area contributed by atoms with E-state index >= 15 is 0 Å². The fourth-order valence-corrected chi connectivity index (χ4v) is 5.48. The zero-order valence-electron chi connectivity index (χ0n) is 25.6. The van der Waals surface area contributed by atoms with Crippen LogP contribution in [0.1, 0.15) is 104 Å². The Balaban J connectivity index is 1.72. The molecule has 42 heavy (non-hydrogen) atoms. The van der Waals surface area contributed by atoms with Gasteiger partial charge in [0.25, 0.3) is 0 Å². The molecule has 0 amide bonds. The number of ketones is 2. The van der Waals surface area contributed by atoms with Crippen molar-refractivity contribution in [3.63, 3.8) is 0 Å². The molecule has 1 atom stereocenters. The lowest BCUT2D eigenvalue weighted by atomic mass is 9.73. The van der Waals surface area contributed by atoms with Gasteiger partial charge in [0.1, 0.15) is 17.2 Å². The minimum atomic E-state index is -2.50. The van der Waals surface area contributed by atoms with Gasteiger partial charge < -0.3 is 25.5 Å². The van der Waals surface area contributed by atoms with E-state index in [0.717, 1.165) is 43.3 Å². The van der Waals surface area contributed by atoms with E-state index in [2.05, 4.69) is 39.0 Å². The normalized spacial score (nSPS) is 17.8. The van der Waals surface area contributed by atoms with Crippen LogP contribution in [0.3, 0.4) is 0 Å². The highest BCUT2D eigenvalue weighted by Crippen LogP contribution is 2.49. The summed E-state index contributed by atoms with van der Waals surface area (Å²) in [7, 11) is 0. The molecule has 226 valence electrons. The molecule has 1 unspecified atom stereocenters. The van der Waals surface area contributed by atoms with Gasteiger partial charge in [0.05, 0.1) is 17.7 Å². The van der Waals surface area contributed by atoms with Crippen molar-refractivity contribution in [3.8, 4) is 17.2 Å². The van der Waals surface area contributed by atoms with Crippen LogP contribution in [0.25, 0.3) is 10.8 Å². The minimum Gasteiger partial charge on any atom is -0.507 e. The molecule has 0 fully saturated rings. The minimum absolute atomic E-state index is 0.0389. The van der Waals surface area contributed by atoms with Crippen molar-refractivity contribution in [2.24, 2.45) is 0 Å². The first kappa shape index (κ1) is 32.8. The van der Waals surface area contributed by atoms with Crippen molar-refractivity contribution in [2.45, 2.75) is 92.1 Å². The lowest BCUT2D eigenvalue weighted by molar-refractivity contribution is 0.0294. The van der Waals surface area contributed by atoms with Gasteiger partial charge in [-0.3, -0.25) is 9.59 Å². The number of phenolic OH excluding ortho intramolecular Hbond substituents is 3. The molecule has 0 aliphatic heterocycles. The zero-order valence-corrected chi connectivity index (χ0v) is 25.6. The number of hydrogen-bond acceptors (Lipinski definition) is 7. The Hall–Kier alpha value is -3.68. The van der Waals surface area contributed by atoms with Gasteiger partial charge in [-0.1, -0.05) is 41.0 Å². The lowest BCUT2D eigenvalue weighted by Gasteiger charge is -2.32. The summed E-state index contributed by atoms with van der Waals surface area (Å²) in [5.74, 6) is -3.13. The van der Waals surface area contributed by atoms with E-state index in [1.54, 1.807) is 13.0 Å². The average Bonchev–Trinajstić information content (AvgIpc) is 2.92. The maximum atomic E-state index is 13.6. The number of phenols is 3. The van der Waals surface area contributed by atoms with Crippen molar-refractivity contribution in [1.29, 1.82) is 0 Å². The number of hydrogen-bond donors (Lipinski definition) is 5. The predicted octanol–water partition coefficient (Wildman–Crippen LogP) is 7.19. The van der Waals surface area contributed by atoms with Crippen LogP contribution in [0.4, 0.5) is 0 Å². The fraction of sp³-hybridized carbons (Fsp3) is 0.429. The summed E-state index contributed by atoms with van der Waals surface area (Å²) in [4.78, 5) is 27.1. The van der Waals surface area contributed by atoms with E-state index in [9.17, 15) is 35.1 Å². The number of rotatable bonds is 12. The van der Waals surface area contributed by atoms with Gasteiger partial charge in [0.15, 0.2) is 5.60 Å². The van der Waals surface area contributed by atoms with Crippen LogP contribution in [0.2, 0.25) is 0 Å². The van der Waals surface area contributed by atoms with Gasteiger partial charge in [0, 0.05) is 22.8 Å². The summed E-state index contributed by atoms with van der Waals surface area (Å²) in [5.41, 5.74) is 1.87. The number of aliphatic hydroxyl groups is 2. The molecule has 3 rings (SSSR count). The third-order valence-corrected chi connectivity index (χ3v) is 8.11. The first-order valence-electron chi connectivity index (χ1n) is 14.5. The summed E-state index contributed by atoms with van der Waals surface area (Å²) >= 11 is 0. The monoisotopic (exact) mass is 576 g/mol. The Labute approximate surface area is 248 Å². The second-order valence-electron chi connectivity index (χ2n) is 11.8. The lowest BCUT2D eigenvalue weighted by Crippen LogP contribution is -2.49. The second kappa shape index (κ2) is 13.5. The van der Waals surface area contributed by atoms with Crippen LogP contribution in [-0.4, -0.2) is 49.3 Å². The molecule has 7 nitrogen and oxygen atoms in total. The van der Waals surface area contributed by atoms with Gasteiger partial charge >= 0.3 is 0 Å². The van der Waals surface area contributed by atoms with Crippen LogP contribution in [0, 0.1) is 13.8 Å². The number of aromatic hydroxyl groups is 3. The topological polar surface area (TPSA) is 135 Å². The number of carbonyl (C=O) groups is 2. The molecule has 0 bridgehead atoms. The first-order chi connectivity index (χ1) is 19.7. The van der Waals surface area contributed by atoms with Crippen LogP contribution in [-0.2, 0) is 0 Å². The molecule has 7 heteroatoms. The van der Waals surface area contributed by atoms with E-state index in [0.29, 0.717) is 12.0 Å². The number of carbonyl (C=O) groups excluding carboxylic acids is 2. The van der Waals surface area contributed by atoms with E-state index in [1.807, 2.05) is 6.92 Å². The molecule has 0 saturated carbocycles. The number of Topliss-reactive ketones (excluding diaryl/α,β-unsaturated/α-hetero) is 2. The second-order valence-corrected chi connectivity index (χ2v) is 11.8. The van der Waals surface area contributed by atoms with Gasteiger partial charge in [-0.2, -0.15) is 0 Å². The number of aryl methyl sites for hydroxylation is 1. The van der Waals surface area contributed by atoms with Crippen LogP contribution < -0.4 is 0 Å². The molecule has 0 spiro atoms. The maximum Gasteiger partial charge on any atom is 0.207 e. The predicted molar refractivity (Wildman–Crippen MR) is 166 cm³/mol. The van der Waals surface area contributed by atoms with Gasteiger partial charge in [-0.05, 0) is 97.3 Å². The Kier molecular flexibility index (Phi) is 10.6. The SMILES string of the molecule is CC(C)=CCCC(=CCCC(C)=CCCC(C)=CCC1(O)C(=O)c2c(O)cc(C)c3c(O)c(C)c(O)c(c23)C1=O)CO. The van der Waals surface area contributed by atoms with Gasteiger partial charge in [-0.15, -0.1) is 0 Å². The third-order valence-electron chi connectivity index (χ3n) is 8.11. The van der Waals surface area contributed by atoms with Crippen LogP contribution in [0.15, 0.2) is 52.7 Å². The molecule has 2 aromatic carbocycles. The van der Waals surface area contributed by atoms with Crippen molar-refractivity contribution in [3.05, 3.63) is 74.9 Å². The highest BCUT2D eigenvalue weighted by Gasteiger charge is 2.51. The van der Waals surface area contributed by atoms with E-state index < -0.39 is 28.7 Å². The first-order valence-corrected chi connectivity index (χ1v) is 14.5. The summed E-state index contributed by atoms with van der Waals surface area (Å²) < 4.78 is 0. The Morgan fingerprint density at radius 1 is 0.762 bits per heavy atom. The fourth-order valence-electron chi connectivity index (χ4n) is 5.48. The quantitative estimate of drug-likeness (QED) is 0.133. The number of benzene rings is 2. The standard InChI is InChI=1S/C35H44O7/c1-20(2)10-7-14-25(19-36)15-9-13-21(3)11-8-12-22(4)16-17-35(42)33(40)28-26(37)18-23(5)27-29(28)30(34(35)41)32(39)24(6)31(27)38/h10-11,15-16,18,36-39,42H,7-9,12-14,17,19H2,1-6H3. The zero-order chi connectivity index (χ0) is 31.4. The smallest absolute Gasteiger partial charge is 0.207 e. The van der Waals surface area contributed by atoms with E-state index in [4.69, 9.17) is 0 Å². The summed E-state index contributed by atoms with van der Waals surface area (Å²) in [6, 6.07) is 1.31. The number of allylic oxidation sites excluding steroid dienone is 6. The molecule has 0 saturated heterocycles. The molecule has 2 aromatic rings. The highest BCUT2D eigenvalue weighted by molar-refractivity contribution is 6.36. The van der Waals surface area contributed by atoms with E-state index in [1.165, 1.54) is 24.1 Å². The van der Waals surface area contributed by atoms with Gasteiger partial charge in [0.2, 0.25) is 11.6 Å². The summed E-state index contributed by atoms with van der Waals surface area (Å²) in [6.45, 7) is 11.2. The molecule has 1 aliphatic rings. The molecule has 0 heterocycles. The third kappa shape index (κ3) is 6.69. The molecular weight excluding hydrogens is 532 g/mol. The maximum absolute atomic E-state index is 13.6. The molecule has 0 radical (unpaired) electrons. The number of aliphatic hydroxyl groups excluding tert-OH is 1. The summed E-state index contributed by atoms with van der Waals surface area (Å²) in [6.07, 6.45) is 12.7. The molecule has 1 aliphatic carbocycles. The highest BCUT2D eigenvalue weighted by atomic mass is 16.3. The average molecular weight is 577 g/mol. The Morgan fingerprint density at radius 2 is 1.33 bits per heavy atom. The molecule has 0 aromatic heterocycles. The van der Waals surface area contributed by atoms with Crippen molar-refractivity contribution in [2.75, 3.05) is 6.61 Å². The van der Waals surface area contributed by atoms with Crippen LogP contribution >= 0.6 is 0 Å². The Bertz CT molecular complexity index is 1520. The molecular formula is C35H44O7. The van der Waals surface area contributed by atoms with Crippen molar-refractivity contribution in [1.82, 2.24) is 0 Å². The summed E-state index contributed by atoms with van der Waals surface area (Å²) in [5, 5.41) is 53.3. The largest absolute Gasteiger partial charge is 0.507 e. The van der Waals surface area contributed by atoms with Crippen molar-refractivity contribution < 1.29 is 35.1 Å². The Morgan fingerprint density at radius 3 is 1.95 bits per heavy atom. The van der Waals surface area contributed by atoms with E-state index in [-0.39, 0.29) is 46.2 Å². The molecule has 5 N–H and O–H groups in total.